The third-order valence-electron chi connectivity index (χ3n) is 3.89. The van der Waals surface area contributed by atoms with Gasteiger partial charge in [-0.15, -0.1) is 0 Å². The van der Waals surface area contributed by atoms with Gasteiger partial charge in [0.2, 0.25) is 0 Å². The lowest BCUT2D eigenvalue weighted by Gasteiger charge is -2.10. The SMILES string of the molecule is Clc1cc(SNc2ccc(Cl)c3c(Cl)c[nH]c23)ccc1Oc1ccccc1. The third-order valence-corrected chi connectivity index (χ3v) is 5.61. The predicted molar refractivity (Wildman–Crippen MR) is 116 cm³/mol. The molecule has 0 spiro atoms. The Morgan fingerprint density at radius 1 is 0.852 bits per heavy atom. The molecule has 2 N–H and O–H groups in total. The number of aromatic nitrogens is 1. The van der Waals surface area contributed by atoms with E-state index in [0.717, 1.165) is 27.2 Å². The maximum absolute atomic E-state index is 6.37. The Bertz CT molecular complexity index is 1100. The molecule has 1 aromatic heterocycles. The summed E-state index contributed by atoms with van der Waals surface area (Å²) in [6.45, 7) is 0. The normalized spacial score (nSPS) is 10.9. The lowest BCUT2D eigenvalue weighted by molar-refractivity contribution is 0.482. The summed E-state index contributed by atoms with van der Waals surface area (Å²) < 4.78 is 9.11. The van der Waals surface area contributed by atoms with Crippen molar-refractivity contribution in [3.63, 3.8) is 0 Å². The molecule has 0 aliphatic rings. The van der Waals surface area contributed by atoms with Crippen LogP contribution in [0.25, 0.3) is 10.9 Å². The highest BCUT2D eigenvalue weighted by atomic mass is 35.5. The van der Waals surface area contributed by atoms with Crippen molar-refractivity contribution in [3.8, 4) is 11.5 Å². The summed E-state index contributed by atoms with van der Waals surface area (Å²) >= 11 is 20.2. The number of benzene rings is 3. The number of para-hydroxylation sites is 1. The molecular weight excluding hydrogens is 423 g/mol. The molecule has 3 nitrogen and oxygen atoms in total. The average Bonchev–Trinajstić information content (AvgIpc) is 3.07. The van der Waals surface area contributed by atoms with Crippen molar-refractivity contribution in [2.24, 2.45) is 0 Å². The smallest absolute Gasteiger partial charge is 0.146 e. The van der Waals surface area contributed by atoms with E-state index >= 15 is 0 Å². The van der Waals surface area contributed by atoms with Crippen molar-refractivity contribution in [1.29, 1.82) is 0 Å². The fourth-order valence-electron chi connectivity index (χ4n) is 2.61. The van der Waals surface area contributed by atoms with Gasteiger partial charge in [-0.3, -0.25) is 0 Å². The van der Waals surface area contributed by atoms with E-state index < -0.39 is 0 Å². The number of halogens is 3. The van der Waals surface area contributed by atoms with Gasteiger partial charge in [0.05, 0.1) is 26.3 Å². The number of H-pyrrole nitrogens is 1. The molecule has 3 aromatic carbocycles. The van der Waals surface area contributed by atoms with Gasteiger partial charge in [-0.2, -0.15) is 0 Å². The molecule has 1 heterocycles. The van der Waals surface area contributed by atoms with E-state index in [-0.39, 0.29) is 0 Å². The first-order valence-electron chi connectivity index (χ1n) is 8.02. The Kier molecular flexibility index (Phi) is 5.41. The van der Waals surface area contributed by atoms with Crippen LogP contribution in [0.3, 0.4) is 0 Å². The number of fused-ring (bicyclic) bond motifs is 1. The number of ether oxygens (including phenoxy) is 1. The van der Waals surface area contributed by atoms with Crippen LogP contribution in [-0.4, -0.2) is 4.98 Å². The van der Waals surface area contributed by atoms with Crippen LogP contribution in [0, 0.1) is 0 Å². The molecule has 0 radical (unpaired) electrons. The molecule has 27 heavy (non-hydrogen) atoms. The fraction of sp³-hybridized carbons (Fsp3) is 0. The van der Waals surface area contributed by atoms with Crippen molar-refractivity contribution in [2.75, 3.05) is 4.72 Å². The molecule has 0 aliphatic carbocycles. The highest BCUT2D eigenvalue weighted by Gasteiger charge is 2.11. The summed E-state index contributed by atoms with van der Waals surface area (Å²) in [7, 11) is 0. The lowest BCUT2D eigenvalue weighted by Crippen LogP contribution is -1.90. The van der Waals surface area contributed by atoms with Crippen LogP contribution in [0.4, 0.5) is 5.69 Å². The fourth-order valence-corrected chi connectivity index (χ4v) is 4.16. The largest absolute Gasteiger partial charge is 0.456 e. The monoisotopic (exact) mass is 434 g/mol. The van der Waals surface area contributed by atoms with E-state index in [9.17, 15) is 0 Å². The van der Waals surface area contributed by atoms with E-state index in [1.54, 1.807) is 6.20 Å². The molecular formula is C20H13Cl3N2OS. The average molecular weight is 436 g/mol. The molecule has 0 unspecified atom stereocenters. The molecule has 4 rings (SSSR count). The number of aromatic amines is 1. The van der Waals surface area contributed by atoms with Crippen molar-refractivity contribution in [1.82, 2.24) is 4.98 Å². The zero-order valence-corrected chi connectivity index (χ0v) is 16.9. The summed E-state index contributed by atoms with van der Waals surface area (Å²) in [5.74, 6) is 1.35. The number of anilines is 1. The summed E-state index contributed by atoms with van der Waals surface area (Å²) in [5, 5.41) is 2.54. The minimum absolute atomic E-state index is 0.537. The summed E-state index contributed by atoms with van der Waals surface area (Å²) in [6.07, 6.45) is 1.72. The number of hydrogen-bond acceptors (Lipinski definition) is 3. The first-order chi connectivity index (χ1) is 13.1. The molecule has 0 bridgehead atoms. The summed E-state index contributed by atoms with van der Waals surface area (Å²) in [4.78, 5) is 4.09. The number of rotatable bonds is 5. The zero-order chi connectivity index (χ0) is 18.8. The number of hydrogen-bond donors (Lipinski definition) is 2. The Morgan fingerprint density at radius 3 is 2.44 bits per heavy atom. The van der Waals surface area contributed by atoms with Gasteiger partial charge in [-0.1, -0.05) is 53.0 Å². The third kappa shape index (κ3) is 3.99. The molecule has 136 valence electrons. The van der Waals surface area contributed by atoms with Gasteiger partial charge >= 0.3 is 0 Å². The van der Waals surface area contributed by atoms with Crippen molar-refractivity contribution in [3.05, 3.63) is 81.9 Å². The highest BCUT2D eigenvalue weighted by Crippen LogP contribution is 2.37. The Labute approximate surface area is 175 Å². The second-order valence-electron chi connectivity index (χ2n) is 5.69. The lowest BCUT2D eigenvalue weighted by atomic mass is 10.2. The van der Waals surface area contributed by atoms with Crippen LogP contribution in [-0.2, 0) is 0 Å². The summed E-state index contributed by atoms with van der Waals surface area (Å²) in [5.41, 5.74) is 1.74. The van der Waals surface area contributed by atoms with Gasteiger partial charge in [0.15, 0.2) is 0 Å². The van der Waals surface area contributed by atoms with Crippen molar-refractivity contribution in [2.45, 2.75) is 4.90 Å². The maximum atomic E-state index is 6.37. The first-order valence-corrected chi connectivity index (χ1v) is 9.97. The van der Waals surface area contributed by atoms with Crippen LogP contribution in [0.2, 0.25) is 15.1 Å². The molecule has 0 amide bonds. The molecule has 0 atom stereocenters. The topological polar surface area (TPSA) is 37.0 Å². The van der Waals surface area contributed by atoms with Gasteiger partial charge in [-0.25, -0.2) is 0 Å². The molecule has 4 aromatic rings. The predicted octanol–water partition coefficient (Wildman–Crippen LogP) is 8.04. The quantitative estimate of drug-likeness (QED) is 0.311. The van der Waals surface area contributed by atoms with Crippen LogP contribution in [0.5, 0.6) is 11.5 Å². The second kappa shape index (κ2) is 7.95. The van der Waals surface area contributed by atoms with Crippen LogP contribution in [0.15, 0.2) is 71.8 Å². The van der Waals surface area contributed by atoms with Gasteiger partial charge in [0.25, 0.3) is 0 Å². The standard InChI is InChI=1S/C20H13Cl3N2OS/c21-14-7-8-17(20-19(14)16(23)11-24-20)25-27-13-6-9-18(15(22)10-13)26-12-4-2-1-3-5-12/h1-11,24-25H. The van der Waals surface area contributed by atoms with Crippen molar-refractivity contribution < 1.29 is 4.74 Å². The highest BCUT2D eigenvalue weighted by molar-refractivity contribution is 8.00. The number of nitrogens with one attached hydrogen (secondary N) is 2. The molecule has 0 aliphatic heterocycles. The summed E-state index contributed by atoms with van der Waals surface area (Å²) in [6, 6.07) is 18.9. The van der Waals surface area contributed by atoms with Gasteiger partial charge in [-0.05, 0) is 54.4 Å². The zero-order valence-electron chi connectivity index (χ0n) is 13.8. The molecule has 0 saturated heterocycles. The van der Waals surface area contributed by atoms with E-state index in [4.69, 9.17) is 39.5 Å². The van der Waals surface area contributed by atoms with Gasteiger partial charge < -0.3 is 14.4 Å². The Hall–Kier alpha value is -1.98. The second-order valence-corrected chi connectivity index (χ2v) is 7.79. The van der Waals surface area contributed by atoms with E-state index in [0.29, 0.717) is 20.8 Å². The molecule has 0 saturated carbocycles. The Balaban J connectivity index is 1.51. The molecule has 7 heteroatoms. The van der Waals surface area contributed by atoms with E-state index in [1.165, 1.54) is 11.9 Å². The van der Waals surface area contributed by atoms with Crippen LogP contribution >= 0.6 is 46.8 Å². The molecule has 0 fully saturated rings. The Morgan fingerprint density at radius 2 is 1.67 bits per heavy atom. The van der Waals surface area contributed by atoms with E-state index in [1.807, 2.05) is 60.7 Å². The minimum Gasteiger partial charge on any atom is -0.456 e. The maximum Gasteiger partial charge on any atom is 0.146 e. The van der Waals surface area contributed by atoms with Crippen LogP contribution in [0.1, 0.15) is 0 Å². The minimum atomic E-state index is 0.537. The van der Waals surface area contributed by atoms with Crippen molar-refractivity contribution >= 4 is 63.3 Å². The van der Waals surface area contributed by atoms with Gasteiger partial charge in [0.1, 0.15) is 11.5 Å². The first kappa shape index (κ1) is 18.4. The van der Waals surface area contributed by atoms with Crippen LogP contribution < -0.4 is 9.46 Å². The van der Waals surface area contributed by atoms with Gasteiger partial charge in [0, 0.05) is 16.5 Å². The van der Waals surface area contributed by atoms with E-state index in [2.05, 4.69) is 9.71 Å².